The highest BCUT2D eigenvalue weighted by molar-refractivity contribution is 5.73. The van der Waals surface area contributed by atoms with Crippen molar-refractivity contribution in [3.63, 3.8) is 0 Å². The van der Waals surface area contributed by atoms with Gasteiger partial charge in [0.05, 0.1) is 6.42 Å². The first-order valence-electron chi connectivity index (χ1n) is 5.43. The van der Waals surface area contributed by atoms with E-state index in [1.165, 1.54) is 5.56 Å². The minimum Gasteiger partial charge on any atom is -0.461 e. The van der Waals surface area contributed by atoms with Crippen LogP contribution in [-0.4, -0.2) is 12.1 Å². The summed E-state index contributed by atoms with van der Waals surface area (Å²) in [6.07, 6.45) is 0.562. The van der Waals surface area contributed by atoms with Gasteiger partial charge in [0.2, 0.25) is 0 Å². The average molecular weight is 204 g/mol. The van der Waals surface area contributed by atoms with E-state index in [0.29, 0.717) is 12.3 Å². The van der Waals surface area contributed by atoms with Crippen LogP contribution in [0.4, 0.5) is 0 Å². The summed E-state index contributed by atoms with van der Waals surface area (Å²) < 4.78 is 5.35. The maximum absolute atomic E-state index is 11.3. The zero-order chi connectivity index (χ0) is 10.8. The maximum Gasteiger partial charge on any atom is 0.306 e. The number of rotatable bonds is 2. The molecule has 1 aliphatic heterocycles. The fourth-order valence-electron chi connectivity index (χ4n) is 2.19. The van der Waals surface area contributed by atoms with Gasteiger partial charge >= 0.3 is 5.97 Å². The van der Waals surface area contributed by atoms with Gasteiger partial charge in [-0.1, -0.05) is 44.2 Å². The molecule has 0 bridgehead atoms. The zero-order valence-electron chi connectivity index (χ0n) is 9.14. The van der Waals surface area contributed by atoms with Crippen molar-refractivity contribution in [2.45, 2.75) is 32.3 Å². The van der Waals surface area contributed by atoms with Crippen molar-refractivity contribution >= 4 is 5.97 Å². The number of esters is 1. The van der Waals surface area contributed by atoms with Gasteiger partial charge in [-0.15, -0.1) is 0 Å². The van der Waals surface area contributed by atoms with E-state index < -0.39 is 0 Å². The Labute approximate surface area is 90.3 Å². The van der Waals surface area contributed by atoms with Gasteiger partial charge in [-0.05, 0) is 11.5 Å². The molecular formula is C13H16O2. The lowest BCUT2D eigenvalue weighted by Crippen LogP contribution is -2.21. The Morgan fingerprint density at radius 1 is 1.27 bits per heavy atom. The Morgan fingerprint density at radius 3 is 2.53 bits per heavy atom. The molecule has 2 heteroatoms. The van der Waals surface area contributed by atoms with Crippen LogP contribution < -0.4 is 0 Å². The molecule has 0 amide bonds. The molecule has 0 saturated carbocycles. The zero-order valence-corrected chi connectivity index (χ0v) is 9.14. The Kier molecular flexibility index (Phi) is 2.76. The number of carbonyl (C=O) groups excluding carboxylic acids is 1. The molecule has 0 N–H and O–H groups in total. The van der Waals surface area contributed by atoms with Crippen molar-refractivity contribution in [3.8, 4) is 0 Å². The Hall–Kier alpha value is -1.31. The topological polar surface area (TPSA) is 26.3 Å². The summed E-state index contributed by atoms with van der Waals surface area (Å²) in [4.78, 5) is 11.3. The molecule has 15 heavy (non-hydrogen) atoms. The van der Waals surface area contributed by atoms with E-state index in [1.807, 2.05) is 18.2 Å². The number of ether oxygens (including phenoxy) is 1. The fraction of sp³-hybridized carbons (Fsp3) is 0.462. The molecule has 2 rings (SSSR count). The predicted molar refractivity (Wildman–Crippen MR) is 58.5 cm³/mol. The third kappa shape index (κ3) is 2.04. The Morgan fingerprint density at radius 2 is 1.93 bits per heavy atom. The number of cyclic esters (lactones) is 1. The van der Waals surface area contributed by atoms with Gasteiger partial charge in [0.1, 0.15) is 6.10 Å². The van der Waals surface area contributed by atoms with Crippen LogP contribution in [0, 0.1) is 5.92 Å². The van der Waals surface area contributed by atoms with Crippen molar-refractivity contribution in [1.82, 2.24) is 0 Å². The fourth-order valence-corrected chi connectivity index (χ4v) is 2.19. The van der Waals surface area contributed by atoms with Crippen molar-refractivity contribution in [3.05, 3.63) is 35.9 Å². The minimum absolute atomic E-state index is 0.0416. The van der Waals surface area contributed by atoms with Gasteiger partial charge in [-0.2, -0.15) is 0 Å². The Bertz CT molecular complexity index is 343. The van der Waals surface area contributed by atoms with Crippen LogP contribution in [-0.2, 0) is 9.53 Å². The molecule has 0 radical (unpaired) electrons. The summed E-state index contributed by atoms with van der Waals surface area (Å²) in [5, 5.41) is 0. The third-order valence-corrected chi connectivity index (χ3v) is 2.94. The first-order valence-corrected chi connectivity index (χ1v) is 5.43. The second kappa shape index (κ2) is 4.05. The molecule has 0 spiro atoms. The second-order valence-corrected chi connectivity index (χ2v) is 4.42. The van der Waals surface area contributed by atoms with Crippen molar-refractivity contribution in [1.29, 1.82) is 0 Å². The van der Waals surface area contributed by atoms with E-state index in [4.69, 9.17) is 4.74 Å². The third-order valence-electron chi connectivity index (χ3n) is 2.94. The molecule has 0 aromatic heterocycles. The quantitative estimate of drug-likeness (QED) is 0.692. The lowest BCUT2D eigenvalue weighted by Gasteiger charge is -2.21. The van der Waals surface area contributed by atoms with E-state index in [-0.39, 0.29) is 18.0 Å². The first kappa shape index (κ1) is 10.2. The minimum atomic E-state index is -0.0671. The summed E-state index contributed by atoms with van der Waals surface area (Å²) in [5.41, 5.74) is 1.21. The van der Waals surface area contributed by atoms with Crippen LogP contribution in [0.3, 0.4) is 0 Å². The van der Waals surface area contributed by atoms with Crippen molar-refractivity contribution < 1.29 is 9.53 Å². The van der Waals surface area contributed by atoms with Gasteiger partial charge < -0.3 is 4.74 Å². The molecular weight excluding hydrogens is 188 g/mol. The molecule has 0 aliphatic carbocycles. The number of benzene rings is 1. The summed E-state index contributed by atoms with van der Waals surface area (Å²) in [5.74, 6) is 0.544. The van der Waals surface area contributed by atoms with E-state index in [0.717, 1.165) is 0 Å². The number of hydrogen-bond acceptors (Lipinski definition) is 2. The van der Waals surface area contributed by atoms with Crippen LogP contribution in [0.25, 0.3) is 0 Å². The number of carbonyl (C=O) groups is 1. The first-order chi connectivity index (χ1) is 7.18. The van der Waals surface area contributed by atoms with Crippen LogP contribution in [0.2, 0.25) is 0 Å². The summed E-state index contributed by atoms with van der Waals surface area (Å²) in [6, 6.07) is 10.2. The van der Waals surface area contributed by atoms with Crippen LogP contribution >= 0.6 is 0 Å². The van der Waals surface area contributed by atoms with Crippen LogP contribution in [0.15, 0.2) is 30.3 Å². The molecule has 0 unspecified atom stereocenters. The normalized spacial score (nSPS) is 25.7. The summed E-state index contributed by atoms with van der Waals surface area (Å²) in [6.45, 7) is 4.19. The monoisotopic (exact) mass is 204 g/mol. The van der Waals surface area contributed by atoms with Crippen molar-refractivity contribution in [2.75, 3.05) is 0 Å². The predicted octanol–water partition coefficient (Wildman–Crippen LogP) is 2.74. The van der Waals surface area contributed by atoms with Crippen LogP contribution in [0.1, 0.15) is 31.7 Å². The molecule has 80 valence electrons. The van der Waals surface area contributed by atoms with Crippen LogP contribution in [0.5, 0.6) is 0 Å². The molecule has 1 aromatic rings. The highest BCUT2D eigenvalue weighted by atomic mass is 16.6. The Balaban J connectivity index is 2.24. The average Bonchev–Trinajstić information content (AvgIpc) is 2.62. The molecule has 1 aromatic carbocycles. The van der Waals surface area contributed by atoms with E-state index in [9.17, 15) is 4.79 Å². The lowest BCUT2D eigenvalue weighted by atomic mass is 9.87. The van der Waals surface area contributed by atoms with Gasteiger partial charge in [-0.3, -0.25) is 4.79 Å². The molecule has 1 fully saturated rings. The summed E-state index contributed by atoms with van der Waals surface area (Å²) >= 11 is 0. The second-order valence-electron chi connectivity index (χ2n) is 4.42. The molecule has 1 aliphatic rings. The maximum atomic E-state index is 11.3. The molecule has 2 nitrogen and oxygen atoms in total. The van der Waals surface area contributed by atoms with E-state index in [1.54, 1.807) is 0 Å². The lowest BCUT2D eigenvalue weighted by molar-refractivity contribution is -0.142. The smallest absolute Gasteiger partial charge is 0.306 e. The van der Waals surface area contributed by atoms with Gasteiger partial charge in [0.15, 0.2) is 0 Å². The largest absolute Gasteiger partial charge is 0.461 e. The molecule has 1 saturated heterocycles. The van der Waals surface area contributed by atoms with E-state index in [2.05, 4.69) is 26.0 Å². The van der Waals surface area contributed by atoms with E-state index >= 15 is 0 Å². The standard InChI is InChI=1S/C13H16O2/c1-9(2)13-11(8-12(14)15-13)10-6-4-3-5-7-10/h3-7,9,11,13H,8H2,1-2H3/t11-,13-/m1/s1. The highest BCUT2D eigenvalue weighted by Gasteiger charge is 2.37. The molecule has 1 heterocycles. The summed E-state index contributed by atoms with van der Waals surface area (Å²) in [7, 11) is 0. The highest BCUT2D eigenvalue weighted by Crippen LogP contribution is 2.35. The van der Waals surface area contributed by atoms with Gasteiger partial charge in [0.25, 0.3) is 0 Å². The SMILES string of the molecule is CC(C)[C@H]1OC(=O)C[C@@H]1c1ccccc1. The van der Waals surface area contributed by atoms with Crippen molar-refractivity contribution in [2.24, 2.45) is 5.92 Å². The number of hydrogen-bond donors (Lipinski definition) is 0. The van der Waals surface area contributed by atoms with Gasteiger partial charge in [-0.25, -0.2) is 0 Å². The molecule has 2 atom stereocenters. The van der Waals surface area contributed by atoms with Gasteiger partial charge in [0, 0.05) is 5.92 Å².